The topological polar surface area (TPSA) is 88.1 Å². The zero-order valence-corrected chi connectivity index (χ0v) is 14.4. The SMILES string of the molecule is COc1ccc(NC(=O)c2ccc(N3CCOCC3)cc2)c(C(=O)O)c1. The Labute approximate surface area is 151 Å². The number of anilines is 2. The Hall–Kier alpha value is -3.06. The number of carbonyl (C=O) groups excluding carboxylic acids is 1. The summed E-state index contributed by atoms with van der Waals surface area (Å²) in [5, 5.41) is 12.0. The fourth-order valence-electron chi connectivity index (χ4n) is 2.78. The molecule has 0 spiro atoms. The van der Waals surface area contributed by atoms with E-state index < -0.39 is 5.97 Å². The maximum Gasteiger partial charge on any atom is 0.337 e. The summed E-state index contributed by atoms with van der Waals surface area (Å²) in [7, 11) is 1.45. The predicted octanol–water partition coefficient (Wildman–Crippen LogP) is 2.48. The highest BCUT2D eigenvalue weighted by molar-refractivity contribution is 6.08. The lowest BCUT2D eigenvalue weighted by molar-refractivity contribution is 0.0697. The summed E-state index contributed by atoms with van der Waals surface area (Å²) >= 11 is 0. The van der Waals surface area contributed by atoms with E-state index in [4.69, 9.17) is 9.47 Å². The summed E-state index contributed by atoms with van der Waals surface area (Å²) in [6.45, 7) is 3.02. The van der Waals surface area contributed by atoms with Crippen molar-refractivity contribution in [1.82, 2.24) is 0 Å². The van der Waals surface area contributed by atoms with Gasteiger partial charge in [0.05, 0.1) is 31.6 Å². The van der Waals surface area contributed by atoms with Crippen molar-refractivity contribution in [1.29, 1.82) is 0 Å². The number of hydrogen-bond donors (Lipinski definition) is 2. The number of carbonyl (C=O) groups is 2. The van der Waals surface area contributed by atoms with Gasteiger partial charge in [0, 0.05) is 24.3 Å². The number of aromatic carboxylic acids is 1. The highest BCUT2D eigenvalue weighted by Crippen LogP contribution is 2.23. The molecule has 2 aromatic carbocycles. The lowest BCUT2D eigenvalue weighted by Crippen LogP contribution is -2.36. The maximum absolute atomic E-state index is 12.5. The summed E-state index contributed by atoms with van der Waals surface area (Å²) < 4.78 is 10.4. The summed E-state index contributed by atoms with van der Waals surface area (Å²) in [6, 6.07) is 11.7. The van der Waals surface area contributed by atoms with Crippen LogP contribution in [0.1, 0.15) is 20.7 Å². The quantitative estimate of drug-likeness (QED) is 0.856. The van der Waals surface area contributed by atoms with Crippen molar-refractivity contribution in [3.63, 3.8) is 0 Å². The van der Waals surface area contributed by atoms with E-state index in [1.807, 2.05) is 12.1 Å². The molecular formula is C19H20N2O5. The number of nitrogens with zero attached hydrogens (tertiary/aromatic N) is 1. The second kappa shape index (κ2) is 7.88. The average molecular weight is 356 g/mol. The Morgan fingerprint density at radius 2 is 1.81 bits per heavy atom. The zero-order chi connectivity index (χ0) is 18.5. The van der Waals surface area contributed by atoms with Gasteiger partial charge in [0.1, 0.15) is 5.75 Å². The zero-order valence-electron chi connectivity index (χ0n) is 14.4. The standard InChI is InChI=1S/C19H20N2O5/c1-25-15-6-7-17(16(12-15)19(23)24)20-18(22)13-2-4-14(5-3-13)21-8-10-26-11-9-21/h2-7,12H,8-11H2,1H3,(H,20,22)(H,23,24). The van der Waals surface area contributed by atoms with E-state index in [0.29, 0.717) is 24.5 Å². The Kier molecular flexibility index (Phi) is 5.38. The number of carboxylic acid groups (broad SMARTS) is 1. The van der Waals surface area contributed by atoms with Crippen LogP contribution in [0.25, 0.3) is 0 Å². The molecule has 2 N–H and O–H groups in total. The van der Waals surface area contributed by atoms with Gasteiger partial charge < -0.3 is 24.8 Å². The smallest absolute Gasteiger partial charge is 0.337 e. The monoisotopic (exact) mass is 356 g/mol. The molecular weight excluding hydrogens is 336 g/mol. The van der Waals surface area contributed by atoms with Crippen LogP contribution >= 0.6 is 0 Å². The molecule has 1 saturated heterocycles. The van der Waals surface area contributed by atoms with Crippen LogP contribution in [-0.4, -0.2) is 50.4 Å². The molecule has 1 aliphatic heterocycles. The van der Waals surface area contributed by atoms with Crippen LogP contribution in [0.4, 0.5) is 11.4 Å². The van der Waals surface area contributed by atoms with Crippen molar-refractivity contribution in [2.75, 3.05) is 43.6 Å². The molecule has 0 unspecified atom stereocenters. The highest BCUT2D eigenvalue weighted by atomic mass is 16.5. The molecule has 0 saturated carbocycles. The molecule has 0 atom stereocenters. The predicted molar refractivity (Wildman–Crippen MR) is 97.4 cm³/mol. The minimum Gasteiger partial charge on any atom is -0.497 e. The fraction of sp³-hybridized carbons (Fsp3) is 0.263. The lowest BCUT2D eigenvalue weighted by Gasteiger charge is -2.28. The minimum absolute atomic E-state index is 0.0253. The summed E-state index contributed by atoms with van der Waals surface area (Å²) in [5.74, 6) is -1.09. The Morgan fingerprint density at radius 3 is 2.42 bits per heavy atom. The van der Waals surface area contributed by atoms with E-state index in [0.717, 1.165) is 18.8 Å². The molecule has 7 heteroatoms. The fourth-order valence-corrected chi connectivity index (χ4v) is 2.78. The third-order valence-corrected chi connectivity index (χ3v) is 4.21. The van der Waals surface area contributed by atoms with Crippen LogP contribution in [-0.2, 0) is 4.74 Å². The van der Waals surface area contributed by atoms with E-state index in [9.17, 15) is 14.7 Å². The van der Waals surface area contributed by atoms with Crippen LogP contribution < -0.4 is 15.0 Å². The van der Waals surface area contributed by atoms with Crippen molar-refractivity contribution in [3.05, 3.63) is 53.6 Å². The van der Waals surface area contributed by atoms with Crippen molar-refractivity contribution in [2.24, 2.45) is 0 Å². The van der Waals surface area contributed by atoms with Gasteiger partial charge in [-0.2, -0.15) is 0 Å². The van der Waals surface area contributed by atoms with E-state index in [-0.39, 0.29) is 17.2 Å². The number of morpholine rings is 1. The van der Waals surface area contributed by atoms with E-state index >= 15 is 0 Å². The summed E-state index contributed by atoms with van der Waals surface area (Å²) in [5.41, 5.74) is 1.68. The minimum atomic E-state index is -1.14. The van der Waals surface area contributed by atoms with E-state index in [1.165, 1.54) is 19.2 Å². The normalized spacial score (nSPS) is 14.0. The number of rotatable bonds is 5. The molecule has 136 valence electrons. The first kappa shape index (κ1) is 17.8. The molecule has 3 rings (SSSR count). The Bertz CT molecular complexity index is 798. The van der Waals surface area contributed by atoms with Gasteiger partial charge in [0.25, 0.3) is 5.91 Å². The number of methoxy groups -OCH3 is 1. The lowest BCUT2D eigenvalue weighted by atomic mass is 10.1. The van der Waals surface area contributed by atoms with Crippen LogP contribution in [0.15, 0.2) is 42.5 Å². The van der Waals surface area contributed by atoms with Crippen molar-refractivity contribution in [3.8, 4) is 5.75 Å². The molecule has 1 heterocycles. The molecule has 7 nitrogen and oxygen atoms in total. The van der Waals surface area contributed by atoms with Gasteiger partial charge in [-0.05, 0) is 42.5 Å². The number of benzene rings is 2. The molecule has 1 amide bonds. The van der Waals surface area contributed by atoms with Crippen molar-refractivity contribution in [2.45, 2.75) is 0 Å². The van der Waals surface area contributed by atoms with E-state index in [1.54, 1.807) is 18.2 Å². The number of amides is 1. The molecule has 0 aliphatic carbocycles. The highest BCUT2D eigenvalue weighted by Gasteiger charge is 2.16. The van der Waals surface area contributed by atoms with Gasteiger partial charge in [-0.15, -0.1) is 0 Å². The Morgan fingerprint density at radius 1 is 1.12 bits per heavy atom. The average Bonchev–Trinajstić information content (AvgIpc) is 2.69. The van der Waals surface area contributed by atoms with Crippen molar-refractivity contribution >= 4 is 23.3 Å². The third-order valence-electron chi connectivity index (χ3n) is 4.21. The summed E-state index contributed by atoms with van der Waals surface area (Å²) in [4.78, 5) is 26.1. The molecule has 1 aliphatic rings. The molecule has 0 radical (unpaired) electrons. The van der Waals surface area contributed by atoms with Crippen molar-refractivity contribution < 1.29 is 24.2 Å². The first-order valence-electron chi connectivity index (χ1n) is 8.24. The Balaban J connectivity index is 1.74. The molecule has 1 fully saturated rings. The van der Waals surface area contributed by atoms with Gasteiger partial charge in [0.15, 0.2) is 0 Å². The van der Waals surface area contributed by atoms with Gasteiger partial charge in [-0.1, -0.05) is 0 Å². The van der Waals surface area contributed by atoms with Crippen LogP contribution in [0.5, 0.6) is 5.75 Å². The number of ether oxygens (including phenoxy) is 2. The molecule has 0 bridgehead atoms. The van der Waals surface area contributed by atoms with Gasteiger partial charge in [0.2, 0.25) is 0 Å². The molecule has 0 aromatic heterocycles. The van der Waals surface area contributed by atoms with Gasteiger partial charge in [-0.25, -0.2) is 4.79 Å². The number of nitrogens with one attached hydrogen (secondary N) is 1. The van der Waals surface area contributed by atoms with Gasteiger partial charge in [-0.3, -0.25) is 4.79 Å². The third kappa shape index (κ3) is 3.94. The first-order chi connectivity index (χ1) is 12.6. The second-order valence-corrected chi connectivity index (χ2v) is 5.82. The largest absolute Gasteiger partial charge is 0.497 e. The molecule has 26 heavy (non-hydrogen) atoms. The van der Waals surface area contributed by atoms with Gasteiger partial charge >= 0.3 is 5.97 Å². The van der Waals surface area contributed by atoms with Crippen LogP contribution in [0.3, 0.4) is 0 Å². The van der Waals surface area contributed by atoms with Crippen LogP contribution in [0, 0.1) is 0 Å². The number of hydrogen-bond acceptors (Lipinski definition) is 5. The first-order valence-corrected chi connectivity index (χ1v) is 8.24. The second-order valence-electron chi connectivity index (χ2n) is 5.82. The van der Waals surface area contributed by atoms with E-state index in [2.05, 4.69) is 10.2 Å². The molecule has 2 aromatic rings. The summed E-state index contributed by atoms with van der Waals surface area (Å²) in [6.07, 6.45) is 0. The number of carboxylic acids is 1. The van der Waals surface area contributed by atoms with Crippen LogP contribution in [0.2, 0.25) is 0 Å². The maximum atomic E-state index is 12.5.